The summed E-state index contributed by atoms with van der Waals surface area (Å²) in [5.74, 6) is 3.77. The molecule has 0 unspecified atom stereocenters. The summed E-state index contributed by atoms with van der Waals surface area (Å²) in [6, 6.07) is 15.7. The van der Waals surface area contributed by atoms with Crippen LogP contribution in [0.1, 0.15) is 32.5 Å². The maximum Gasteiger partial charge on any atom is 0.196 e. The summed E-state index contributed by atoms with van der Waals surface area (Å²) >= 11 is 1.55. The Morgan fingerprint density at radius 3 is 2.36 bits per heavy atom. The van der Waals surface area contributed by atoms with Crippen LogP contribution in [0, 0.1) is 0 Å². The van der Waals surface area contributed by atoms with Gasteiger partial charge in [0.1, 0.15) is 11.5 Å². The predicted molar refractivity (Wildman–Crippen MR) is 127 cm³/mol. The molecule has 4 aromatic rings. The van der Waals surface area contributed by atoms with E-state index < -0.39 is 0 Å². The average molecular weight is 466 g/mol. The van der Waals surface area contributed by atoms with E-state index in [0.717, 1.165) is 58.9 Å². The lowest BCUT2D eigenvalue weighted by molar-refractivity contribution is 0.340. The topological polar surface area (TPSA) is 92.8 Å². The van der Waals surface area contributed by atoms with Gasteiger partial charge in [-0.05, 0) is 72.3 Å². The minimum atomic E-state index is 0.592. The maximum atomic E-state index is 5.61. The minimum absolute atomic E-state index is 0.592. The van der Waals surface area contributed by atoms with E-state index in [9.17, 15) is 0 Å². The van der Waals surface area contributed by atoms with Crippen molar-refractivity contribution < 1.29 is 9.47 Å². The fraction of sp³-hybridized carbons (Fsp3) is 0.348. The first kappa shape index (κ1) is 22.8. The van der Waals surface area contributed by atoms with Crippen molar-refractivity contribution in [3.63, 3.8) is 0 Å². The molecule has 0 bridgehead atoms. The number of hydrogen-bond acceptors (Lipinski definition) is 8. The Labute approximate surface area is 197 Å². The standard InChI is InChI=1S/C23H27N7O2S/c1-4-6-15-29-21(24-27-28-29)16-33-23-26-25-22(17-7-11-19(31-3)12-8-17)30(23)18-9-13-20(14-10-18)32-5-2/h7-14H,4-6,15-16H2,1-3H3. The third-order valence-electron chi connectivity index (χ3n) is 5.05. The Morgan fingerprint density at radius 2 is 1.67 bits per heavy atom. The van der Waals surface area contributed by atoms with E-state index in [1.54, 1.807) is 18.9 Å². The molecule has 0 atom stereocenters. The minimum Gasteiger partial charge on any atom is -0.497 e. The summed E-state index contributed by atoms with van der Waals surface area (Å²) < 4.78 is 14.8. The van der Waals surface area contributed by atoms with Gasteiger partial charge in [0.25, 0.3) is 0 Å². The van der Waals surface area contributed by atoms with E-state index in [0.29, 0.717) is 12.4 Å². The van der Waals surface area contributed by atoms with Crippen molar-refractivity contribution in [2.45, 2.75) is 44.1 Å². The SMILES string of the molecule is CCCCn1nnnc1CSc1nnc(-c2ccc(OC)cc2)n1-c1ccc(OCC)cc1. The highest BCUT2D eigenvalue weighted by Gasteiger charge is 2.18. The molecule has 0 spiro atoms. The largest absolute Gasteiger partial charge is 0.497 e. The first-order valence-corrected chi connectivity index (χ1v) is 11.9. The number of rotatable bonds is 11. The van der Waals surface area contributed by atoms with Gasteiger partial charge in [0.15, 0.2) is 16.8 Å². The lowest BCUT2D eigenvalue weighted by atomic mass is 10.2. The number of ether oxygens (including phenoxy) is 2. The zero-order valence-electron chi connectivity index (χ0n) is 19.0. The van der Waals surface area contributed by atoms with E-state index in [1.807, 2.05) is 64.7 Å². The van der Waals surface area contributed by atoms with Gasteiger partial charge in [0.05, 0.1) is 19.5 Å². The number of unbranched alkanes of at least 4 members (excludes halogenated alkanes) is 1. The van der Waals surface area contributed by atoms with E-state index >= 15 is 0 Å². The first-order valence-electron chi connectivity index (χ1n) is 10.9. The molecule has 0 radical (unpaired) electrons. The molecule has 33 heavy (non-hydrogen) atoms. The first-order chi connectivity index (χ1) is 16.2. The molecule has 4 rings (SSSR count). The van der Waals surface area contributed by atoms with Crippen molar-refractivity contribution in [1.82, 2.24) is 35.0 Å². The molecule has 172 valence electrons. The second kappa shape index (κ2) is 11.0. The number of thioether (sulfide) groups is 1. The van der Waals surface area contributed by atoms with Crippen LogP contribution in [0.4, 0.5) is 0 Å². The smallest absolute Gasteiger partial charge is 0.196 e. The summed E-state index contributed by atoms with van der Waals surface area (Å²) in [5.41, 5.74) is 1.89. The van der Waals surface area contributed by atoms with Crippen molar-refractivity contribution in [1.29, 1.82) is 0 Å². The molecular weight excluding hydrogens is 438 g/mol. The van der Waals surface area contributed by atoms with Gasteiger partial charge in [-0.25, -0.2) is 4.68 Å². The number of aryl methyl sites for hydroxylation is 1. The fourth-order valence-corrected chi connectivity index (χ4v) is 4.20. The average Bonchev–Trinajstić information content (AvgIpc) is 3.49. The molecule has 2 aromatic heterocycles. The molecule has 0 saturated carbocycles. The Hall–Kier alpha value is -3.40. The summed E-state index contributed by atoms with van der Waals surface area (Å²) in [6.07, 6.45) is 2.12. The lowest BCUT2D eigenvalue weighted by Gasteiger charge is -2.12. The number of tetrazole rings is 1. The van der Waals surface area contributed by atoms with Gasteiger partial charge in [0.2, 0.25) is 0 Å². The second-order valence-electron chi connectivity index (χ2n) is 7.26. The van der Waals surface area contributed by atoms with E-state index in [1.165, 1.54) is 0 Å². The van der Waals surface area contributed by atoms with Crippen molar-refractivity contribution in [3.8, 4) is 28.6 Å². The van der Waals surface area contributed by atoms with Gasteiger partial charge in [-0.3, -0.25) is 4.57 Å². The van der Waals surface area contributed by atoms with Crippen LogP contribution in [-0.4, -0.2) is 48.7 Å². The zero-order chi connectivity index (χ0) is 23.0. The van der Waals surface area contributed by atoms with E-state index in [4.69, 9.17) is 9.47 Å². The Balaban J connectivity index is 1.66. The molecule has 0 saturated heterocycles. The second-order valence-corrected chi connectivity index (χ2v) is 8.20. The van der Waals surface area contributed by atoms with Crippen LogP contribution >= 0.6 is 11.8 Å². The lowest BCUT2D eigenvalue weighted by Crippen LogP contribution is -2.06. The third kappa shape index (κ3) is 5.33. The van der Waals surface area contributed by atoms with E-state index in [2.05, 4.69) is 32.6 Å². The molecule has 0 amide bonds. The van der Waals surface area contributed by atoms with Gasteiger partial charge in [-0.1, -0.05) is 25.1 Å². The van der Waals surface area contributed by atoms with Crippen molar-refractivity contribution in [3.05, 3.63) is 54.4 Å². The summed E-state index contributed by atoms with van der Waals surface area (Å²) in [4.78, 5) is 0. The number of hydrogen-bond donors (Lipinski definition) is 0. The molecule has 10 heteroatoms. The van der Waals surface area contributed by atoms with Crippen LogP contribution in [0.5, 0.6) is 11.5 Å². The van der Waals surface area contributed by atoms with Gasteiger partial charge in [-0.15, -0.1) is 15.3 Å². The molecule has 0 aliphatic rings. The van der Waals surface area contributed by atoms with Gasteiger partial charge >= 0.3 is 0 Å². The van der Waals surface area contributed by atoms with Crippen molar-refractivity contribution in [2.75, 3.05) is 13.7 Å². The summed E-state index contributed by atoms with van der Waals surface area (Å²) in [6.45, 7) is 5.55. The quantitative estimate of drug-likeness (QED) is 0.301. The van der Waals surface area contributed by atoms with Crippen LogP contribution in [0.25, 0.3) is 17.1 Å². The van der Waals surface area contributed by atoms with Crippen LogP contribution in [0.3, 0.4) is 0 Å². The third-order valence-corrected chi connectivity index (χ3v) is 5.97. The Morgan fingerprint density at radius 1 is 0.909 bits per heavy atom. The van der Waals surface area contributed by atoms with Gasteiger partial charge in [0, 0.05) is 17.8 Å². The fourth-order valence-electron chi connectivity index (χ4n) is 3.32. The molecule has 9 nitrogen and oxygen atoms in total. The summed E-state index contributed by atoms with van der Waals surface area (Å²) in [7, 11) is 1.65. The number of aromatic nitrogens is 7. The number of methoxy groups -OCH3 is 1. The maximum absolute atomic E-state index is 5.61. The Kier molecular flexibility index (Phi) is 7.56. The van der Waals surface area contributed by atoms with Crippen LogP contribution in [-0.2, 0) is 12.3 Å². The monoisotopic (exact) mass is 465 g/mol. The Bertz CT molecular complexity index is 1160. The van der Waals surface area contributed by atoms with Crippen molar-refractivity contribution in [2.24, 2.45) is 0 Å². The molecule has 2 heterocycles. The molecular formula is C23H27N7O2S. The highest BCUT2D eigenvalue weighted by Crippen LogP contribution is 2.31. The predicted octanol–water partition coefficient (Wildman–Crippen LogP) is 4.42. The van der Waals surface area contributed by atoms with Crippen LogP contribution in [0.15, 0.2) is 53.7 Å². The zero-order valence-corrected chi connectivity index (χ0v) is 19.8. The molecule has 2 aromatic carbocycles. The van der Waals surface area contributed by atoms with Crippen molar-refractivity contribution >= 4 is 11.8 Å². The highest BCUT2D eigenvalue weighted by atomic mass is 32.2. The van der Waals surface area contributed by atoms with Gasteiger partial charge < -0.3 is 9.47 Å². The summed E-state index contributed by atoms with van der Waals surface area (Å²) in [5, 5.41) is 21.9. The molecule has 0 aliphatic carbocycles. The number of nitrogens with zero attached hydrogens (tertiary/aromatic N) is 7. The molecule has 0 N–H and O–H groups in total. The van der Waals surface area contributed by atoms with Gasteiger partial charge in [-0.2, -0.15) is 0 Å². The highest BCUT2D eigenvalue weighted by molar-refractivity contribution is 7.98. The van der Waals surface area contributed by atoms with Crippen LogP contribution < -0.4 is 9.47 Å². The van der Waals surface area contributed by atoms with Crippen LogP contribution in [0.2, 0.25) is 0 Å². The normalized spacial score (nSPS) is 11.0. The molecule has 0 aliphatic heterocycles. The molecule has 0 fully saturated rings. The number of benzene rings is 2. The van der Waals surface area contributed by atoms with E-state index in [-0.39, 0.29) is 0 Å².